The first kappa shape index (κ1) is 34.3. The maximum Gasteiger partial charge on any atom is 0.0212 e. The van der Waals surface area contributed by atoms with Crippen LogP contribution >= 0.6 is 0 Å². The van der Waals surface area contributed by atoms with Gasteiger partial charge in [-0.25, -0.2) is 0 Å². The van der Waals surface area contributed by atoms with Crippen LogP contribution < -0.4 is 0 Å². The molecule has 0 heteroatoms. The Bertz CT molecular complexity index is 2770. The standard InChI is InChI=1S/C56H54/c1-53(2,3)49-32-19-13-14-20-33(32)50(54(4,5)6)48-37-26-24-31-39-28-41-40(27-38(39)30-23-25-36(47(48)49)44(37)43(30)31)51(55(7,8)9)45-34-21-15-17-29-18-16-22-35(42(29)34)46(45)52(41)56(10,11)12/h13-28,43-44H,1-12H3. The minimum absolute atomic E-state index is 0.0122. The first-order valence-corrected chi connectivity index (χ1v) is 21.0. The summed E-state index contributed by atoms with van der Waals surface area (Å²) in [4.78, 5) is 0. The van der Waals surface area contributed by atoms with Gasteiger partial charge in [0.05, 0.1) is 0 Å². The molecule has 0 radical (unpaired) electrons. The Balaban J connectivity index is 1.24. The predicted molar refractivity (Wildman–Crippen MR) is 244 cm³/mol. The Morgan fingerprint density at radius 2 is 0.696 bits per heavy atom. The highest BCUT2D eigenvalue weighted by atomic mass is 14.5. The van der Waals surface area contributed by atoms with Gasteiger partial charge in [-0.1, -0.05) is 168 Å². The van der Waals surface area contributed by atoms with E-state index in [-0.39, 0.29) is 21.7 Å². The third-order valence-electron chi connectivity index (χ3n) is 13.9. The van der Waals surface area contributed by atoms with E-state index < -0.39 is 0 Å². The molecule has 0 aliphatic heterocycles. The van der Waals surface area contributed by atoms with Crippen molar-refractivity contribution in [3.8, 4) is 22.3 Å². The molecule has 56 heavy (non-hydrogen) atoms. The molecule has 0 bridgehead atoms. The van der Waals surface area contributed by atoms with Gasteiger partial charge in [-0.15, -0.1) is 0 Å². The zero-order valence-electron chi connectivity index (χ0n) is 35.4. The second-order valence-corrected chi connectivity index (χ2v) is 21.6. The maximum absolute atomic E-state index is 2.64. The molecule has 0 saturated heterocycles. The molecule has 0 N–H and O–H groups in total. The second-order valence-electron chi connectivity index (χ2n) is 21.6. The highest BCUT2D eigenvalue weighted by Crippen LogP contribution is 2.67. The molecule has 0 aromatic heterocycles. The van der Waals surface area contributed by atoms with Crippen molar-refractivity contribution in [3.63, 3.8) is 0 Å². The summed E-state index contributed by atoms with van der Waals surface area (Å²) < 4.78 is 0. The van der Waals surface area contributed by atoms with Crippen molar-refractivity contribution in [1.29, 1.82) is 0 Å². The number of allylic oxidation sites excluding steroid dienone is 8. The lowest BCUT2D eigenvalue weighted by Gasteiger charge is -2.32. The van der Waals surface area contributed by atoms with Crippen LogP contribution in [0.2, 0.25) is 0 Å². The van der Waals surface area contributed by atoms with E-state index in [9.17, 15) is 0 Å². The molecule has 6 aromatic rings. The van der Waals surface area contributed by atoms with E-state index in [1.54, 1.807) is 0 Å². The van der Waals surface area contributed by atoms with Gasteiger partial charge in [-0.3, -0.25) is 0 Å². The van der Waals surface area contributed by atoms with Gasteiger partial charge in [0.2, 0.25) is 0 Å². The highest BCUT2D eigenvalue weighted by Gasteiger charge is 2.51. The third kappa shape index (κ3) is 4.21. The molecule has 6 aromatic carbocycles. The van der Waals surface area contributed by atoms with Gasteiger partial charge in [0.1, 0.15) is 0 Å². The van der Waals surface area contributed by atoms with Crippen LogP contribution in [0.15, 0.2) is 97.1 Å². The quantitative estimate of drug-likeness (QED) is 0.146. The fraction of sp³-hybridized carbons (Fsp3) is 0.321. The van der Waals surface area contributed by atoms with E-state index in [2.05, 4.69) is 180 Å². The average Bonchev–Trinajstić information content (AvgIpc) is 3.73. The number of hydrogen-bond donors (Lipinski definition) is 0. The van der Waals surface area contributed by atoms with E-state index >= 15 is 0 Å². The summed E-state index contributed by atoms with van der Waals surface area (Å²) in [7, 11) is 0. The van der Waals surface area contributed by atoms with Gasteiger partial charge in [0.25, 0.3) is 0 Å². The number of fused-ring (bicyclic) bond motifs is 11. The van der Waals surface area contributed by atoms with E-state index in [1.165, 1.54) is 121 Å². The third-order valence-corrected chi connectivity index (χ3v) is 13.9. The molecule has 5 aliphatic rings. The van der Waals surface area contributed by atoms with Crippen LogP contribution in [-0.2, 0) is 21.7 Å². The van der Waals surface area contributed by atoms with Crippen LogP contribution in [0.1, 0.15) is 128 Å². The van der Waals surface area contributed by atoms with E-state index in [0.717, 1.165) is 0 Å². The Labute approximate surface area is 333 Å². The van der Waals surface area contributed by atoms with Crippen LogP contribution in [0.4, 0.5) is 0 Å². The van der Waals surface area contributed by atoms with E-state index in [4.69, 9.17) is 0 Å². The fourth-order valence-electron chi connectivity index (χ4n) is 12.3. The van der Waals surface area contributed by atoms with Crippen molar-refractivity contribution in [2.75, 3.05) is 0 Å². The van der Waals surface area contributed by atoms with Crippen molar-refractivity contribution in [1.82, 2.24) is 0 Å². The zero-order valence-corrected chi connectivity index (χ0v) is 35.4. The number of benzene rings is 6. The fourth-order valence-corrected chi connectivity index (χ4v) is 12.3. The lowest BCUT2D eigenvalue weighted by Crippen LogP contribution is -2.20. The van der Waals surface area contributed by atoms with Crippen LogP contribution in [0, 0.1) is 11.8 Å². The molecule has 0 heterocycles. The monoisotopic (exact) mass is 726 g/mol. The molecule has 278 valence electrons. The first-order chi connectivity index (χ1) is 26.4. The molecule has 0 fully saturated rings. The summed E-state index contributed by atoms with van der Waals surface area (Å²) in [6, 6.07) is 28.5. The first-order valence-electron chi connectivity index (χ1n) is 21.0. The molecule has 0 amide bonds. The minimum Gasteiger partial charge on any atom is -0.0616 e. The van der Waals surface area contributed by atoms with E-state index in [0.29, 0.717) is 11.8 Å². The lowest BCUT2D eigenvalue weighted by molar-refractivity contribution is 0.583. The van der Waals surface area contributed by atoms with Crippen LogP contribution in [-0.4, -0.2) is 0 Å². The molecule has 0 unspecified atom stereocenters. The minimum atomic E-state index is -0.0631. The summed E-state index contributed by atoms with van der Waals surface area (Å²) in [5.41, 5.74) is 23.5. The van der Waals surface area contributed by atoms with Gasteiger partial charge in [0, 0.05) is 11.8 Å². The molecule has 0 nitrogen and oxygen atoms in total. The van der Waals surface area contributed by atoms with E-state index in [1.807, 2.05) is 0 Å². The number of rotatable bonds is 0. The SMILES string of the molecule is CC(C)(C)c1c2c(c(C(C)(C)C)c3ccccc13)C1=CC=C3c4cc5c(C(C)(C)C)c6c(c(C(C)(C)C)c5cc4C4=CC=C2C1C43)-c1cccc2cccc-6c12. The van der Waals surface area contributed by atoms with Gasteiger partial charge in [0.15, 0.2) is 0 Å². The second kappa shape index (κ2) is 10.5. The molecular formula is C56H54. The topological polar surface area (TPSA) is 0 Å². The van der Waals surface area contributed by atoms with Crippen LogP contribution in [0.3, 0.4) is 0 Å². The molecule has 5 aliphatic carbocycles. The summed E-state index contributed by atoms with van der Waals surface area (Å²) in [6.45, 7) is 29.1. The summed E-state index contributed by atoms with van der Waals surface area (Å²) in [5.74, 6) is 0.633. The van der Waals surface area contributed by atoms with Gasteiger partial charge in [-0.2, -0.15) is 0 Å². The van der Waals surface area contributed by atoms with Crippen molar-refractivity contribution in [2.24, 2.45) is 11.8 Å². The van der Waals surface area contributed by atoms with Gasteiger partial charge >= 0.3 is 0 Å². The van der Waals surface area contributed by atoms with Gasteiger partial charge in [-0.05, 0) is 155 Å². The number of hydrogen-bond acceptors (Lipinski definition) is 0. The Hall–Kier alpha value is -4.94. The predicted octanol–water partition coefficient (Wildman–Crippen LogP) is 15.5. The molecule has 0 atom stereocenters. The molecule has 0 spiro atoms. The van der Waals surface area contributed by atoms with Crippen molar-refractivity contribution < 1.29 is 0 Å². The lowest BCUT2D eigenvalue weighted by atomic mass is 9.71. The normalized spacial score (nSPS) is 19.1. The summed E-state index contributed by atoms with van der Waals surface area (Å²) in [5, 5.41) is 8.45. The summed E-state index contributed by atoms with van der Waals surface area (Å²) >= 11 is 0. The molecule has 0 saturated carbocycles. The summed E-state index contributed by atoms with van der Waals surface area (Å²) in [6.07, 6.45) is 10.1. The van der Waals surface area contributed by atoms with Gasteiger partial charge < -0.3 is 0 Å². The maximum atomic E-state index is 2.64. The zero-order chi connectivity index (χ0) is 39.2. The van der Waals surface area contributed by atoms with Crippen LogP contribution in [0.5, 0.6) is 0 Å². The van der Waals surface area contributed by atoms with Crippen LogP contribution in [0.25, 0.3) is 76.9 Å². The Morgan fingerprint density at radius 3 is 1.09 bits per heavy atom. The Morgan fingerprint density at radius 1 is 0.339 bits per heavy atom. The molecular weight excluding hydrogens is 673 g/mol. The average molecular weight is 727 g/mol. The highest BCUT2D eigenvalue weighted by molar-refractivity contribution is 6.22. The molecule has 11 rings (SSSR count). The largest absolute Gasteiger partial charge is 0.0616 e. The van der Waals surface area contributed by atoms with Crippen molar-refractivity contribution in [3.05, 3.63) is 142 Å². The van der Waals surface area contributed by atoms with Crippen molar-refractivity contribution >= 4 is 54.6 Å². The Kier molecular flexibility index (Phi) is 6.44. The smallest absolute Gasteiger partial charge is 0.0212 e. The van der Waals surface area contributed by atoms with Crippen molar-refractivity contribution in [2.45, 2.75) is 105 Å².